The Morgan fingerprint density at radius 2 is 1.58 bits per heavy atom. The van der Waals surface area contributed by atoms with Crippen molar-refractivity contribution in [3.05, 3.63) is 54.6 Å². The van der Waals surface area contributed by atoms with Crippen molar-refractivity contribution in [1.29, 1.82) is 0 Å². The van der Waals surface area contributed by atoms with Gasteiger partial charge in [0.2, 0.25) is 5.91 Å². The molecule has 0 saturated carbocycles. The fourth-order valence-corrected chi connectivity index (χ4v) is 2.12. The minimum atomic E-state index is -0.930. The molecular weight excluding hydrogens is 332 g/mol. The van der Waals surface area contributed by atoms with E-state index in [1.54, 1.807) is 45.0 Å². The molecule has 0 fully saturated rings. The number of hydrogen-bond donors (Lipinski definition) is 2. The highest BCUT2D eigenvalue weighted by atomic mass is 16.5. The summed E-state index contributed by atoms with van der Waals surface area (Å²) in [4.78, 5) is 23.9. The fraction of sp³-hybridized carbons (Fsp3) is 0.300. The molecule has 0 radical (unpaired) electrons. The summed E-state index contributed by atoms with van der Waals surface area (Å²) in [6, 6.07) is 16.5. The van der Waals surface area contributed by atoms with Crippen LogP contribution in [0.5, 0.6) is 11.5 Å². The number of rotatable bonds is 8. The van der Waals surface area contributed by atoms with Crippen LogP contribution in [-0.2, 0) is 14.3 Å². The summed E-state index contributed by atoms with van der Waals surface area (Å²) in [7, 11) is 0. The van der Waals surface area contributed by atoms with Gasteiger partial charge < -0.3 is 14.8 Å². The highest BCUT2D eigenvalue weighted by Crippen LogP contribution is 2.22. The maximum atomic E-state index is 12.1. The summed E-state index contributed by atoms with van der Waals surface area (Å²) in [6.07, 6.45) is 0. The van der Waals surface area contributed by atoms with E-state index in [4.69, 9.17) is 9.47 Å². The molecule has 0 spiro atoms. The Morgan fingerprint density at radius 3 is 2.19 bits per heavy atom. The number of hydrogen-bond acceptors (Lipinski definition) is 5. The van der Waals surface area contributed by atoms with E-state index >= 15 is 0 Å². The van der Waals surface area contributed by atoms with Crippen LogP contribution in [0.1, 0.15) is 20.8 Å². The number of ether oxygens (including phenoxy) is 2. The minimum Gasteiger partial charge on any atom is -0.465 e. The molecule has 2 aromatic rings. The van der Waals surface area contributed by atoms with Crippen molar-refractivity contribution in [3.8, 4) is 11.5 Å². The van der Waals surface area contributed by atoms with Crippen molar-refractivity contribution in [1.82, 2.24) is 5.32 Å². The Hall–Kier alpha value is -2.86. The predicted molar refractivity (Wildman–Crippen MR) is 100 cm³/mol. The lowest BCUT2D eigenvalue weighted by atomic mass is 10.1. The first-order valence-corrected chi connectivity index (χ1v) is 8.46. The quantitative estimate of drug-likeness (QED) is 0.710. The predicted octanol–water partition coefficient (Wildman–Crippen LogP) is 3.35. The molecular formula is C20H24N2O4. The number of carbonyl (C=O) groups is 2. The Bertz CT molecular complexity index is 727. The maximum absolute atomic E-state index is 12.1. The standard InChI is InChI=1S/C20H24N2O4/c1-4-25-19(24)20(2,3)21-14-18(23)22-15-10-12-17(13-11-15)26-16-8-6-5-7-9-16/h5-13,21H,4,14H2,1-3H3,(H,22,23). The lowest BCUT2D eigenvalue weighted by molar-refractivity contribution is -0.149. The van der Waals surface area contributed by atoms with Crippen LogP contribution in [0, 0.1) is 0 Å². The number of esters is 1. The first-order chi connectivity index (χ1) is 12.4. The summed E-state index contributed by atoms with van der Waals surface area (Å²) < 4.78 is 10.7. The summed E-state index contributed by atoms with van der Waals surface area (Å²) in [5.41, 5.74) is -0.285. The molecule has 0 aromatic heterocycles. The van der Waals surface area contributed by atoms with Crippen LogP contribution in [-0.4, -0.2) is 30.6 Å². The number of amides is 1. The van der Waals surface area contributed by atoms with Crippen LogP contribution >= 0.6 is 0 Å². The minimum absolute atomic E-state index is 0.00587. The third kappa shape index (κ3) is 5.89. The zero-order chi connectivity index (χ0) is 19.0. The third-order valence-electron chi connectivity index (χ3n) is 3.59. The van der Waals surface area contributed by atoms with Crippen LogP contribution in [0.25, 0.3) is 0 Å². The largest absolute Gasteiger partial charge is 0.465 e. The Morgan fingerprint density at radius 1 is 0.962 bits per heavy atom. The smallest absolute Gasteiger partial charge is 0.325 e. The van der Waals surface area contributed by atoms with E-state index in [1.807, 2.05) is 30.3 Å². The second-order valence-electron chi connectivity index (χ2n) is 6.19. The van der Waals surface area contributed by atoms with Crippen LogP contribution in [0.2, 0.25) is 0 Å². The van der Waals surface area contributed by atoms with Gasteiger partial charge in [0.15, 0.2) is 0 Å². The molecule has 0 aliphatic rings. The molecule has 138 valence electrons. The zero-order valence-electron chi connectivity index (χ0n) is 15.2. The van der Waals surface area contributed by atoms with E-state index in [9.17, 15) is 9.59 Å². The summed E-state index contributed by atoms with van der Waals surface area (Å²) >= 11 is 0. The number of nitrogens with one attached hydrogen (secondary N) is 2. The van der Waals surface area contributed by atoms with E-state index in [2.05, 4.69) is 10.6 Å². The molecule has 2 aromatic carbocycles. The lowest BCUT2D eigenvalue weighted by Crippen LogP contribution is -2.50. The van der Waals surface area contributed by atoms with Gasteiger partial charge in [0.05, 0.1) is 13.2 Å². The lowest BCUT2D eigenvalue weighted by Gasteiger charge is -2.23. The van der Waals surface area contributed by atoms with Crippen molar-refractivity contribution in [2.24, 2.45) is 0 Å². The molecule has 0 aliphatic heterocycles. The van der Waals surface area contributed by atoms with E-state index in [0.29, 0.717) is 18.0 Å². The molecule has 0 saturated heterocycles. The summed E-state index contributed by atoms with van der Waals surface area (Å²) in [6.45, 7) is 5.38. The van der Waals surface area contributed by atoms with Gasteiger partial charge in [-0.05, 0) is 57.2 Å². The Balaban J connectivity index is 1.84. The second kappa shape index (κ2) is 9.01. The average molecular weight is 356 g/mol. The van der Waals surface area contributed by atoms with E-state index in [1.165, 1.54) is 0 Å². The van der Waals surface area contributed by atoms with Gasteiger partial charge >= 0.3 is 5.97 Å². The van der Waals surface area contributed by atoms with Crippen molar-refractivity contribution in [3.63, 3.8) is 0 Å². The first kappa shape index (κ1) is 19.5. The Labute approximate surface area is 153 Å². The van der Waals surface area contributed by atoms with Gasteiger partial charge in [-0.25, -0.2) is 0 Å². The van der Waals surface area contributed by atoms with Gasteiger partial charge in [-0.3, -0.25) is 14.9 Å². The molecule has 6 heteroatoms. The summed E-state index contributed by atoms with van der Waals surface area (Å²) in [5, 5.41) is 5.66. The van der Waals surface area contributed by atoms with Crippen LogP contribution in [0.4, 0.5) is 5.69 Å². The average Bonchev–Trinajstić information content (AvgIpc) is 2.63. The summed E-state index contributed by atoms with van der Waals surface area (Å²) in [5.74, 6) is 0.778. The molecule has 26 heavy (non-hydrogen) atoms. The number of anilines is 1. The molecule has 6 nitrogen and oxygen atoms in total. The SMILES string of the molecule is CCOC(=O)C(C)(C)NCC(=O)Nc1ccc(Oc2ccccc2)cc1. The van der Waals surface area contributed by atoms with Gasteiger partial charge in [0.25, 0.3) is 0 Å². The normalized spacial score (nSPS) is 10.9. The van der Waals surface area contributed by atoms with Crippen molar-refractivity contribution >= 4 is 17.6 Å². The molecule has 0 atom stereocenters. The monoisotopic (exact) mass is 356 g/mol. The van der Waals surface area contributed by atoms with Crippen molar-refractivity contribution in [2.45, 2.75) is 26.3 Å². The van der Waals surface area contributed by atoms with Gasteiger partial charge in [0.1, 0.15) is 17.0 Å². The molecule has 0 aliphatic carbocycles. The molecule has 2 rings (SSSR count). The van der Waals surface area contributed by atoms with Gasteiger partial charge in [0, 0.05) is 5.69 Å². The maximum Gasteiger partial charge on any atom is 0.325 e. The molecule has 0 unspecified atom stereocenters. The van der Waals surface area contributed by atoms with Crippen LogP contribution in [0.3, 0.4) is 0 Å². The van der Waals surface area contributed by atoms with Gasteiger partial charge in [-0.1, -0.05) is 18.2 Å². The van der Waals surface area contributed by atoms with Gasteiger partial charge in [-0.2, -0.15) is 0 Å². The van der Waals surface area contributed by atoms with Crippen molar-refractivity contribution in [2.75, 3.05) is 18.5 Å². The molecule has 1 amide bonds. The molecule has 0 bridgehead atoms. The zero-order valence-corrected chi connectivity index (χ0v) is 15.2. The highest BCUT2D eigenvalue weighted by Gasteiger charge is 2.29. The van der Waals surface area contributed by atoms with E-state index in [0.717, 1.165) is 5.75 Å². The fourth-order valence-electron chi connectivity index (χ4n) is 2.12. The van der Waals surface area contributed by atoms with E-state index < -0.39 is 11.5 Å². The second-order valence-corrected chi connectivity index (χ2v) is 6.19. The van der Waals surface area contributed by atoms with Crippen molar-refractivity contribution < 1.29 is 19.1 Å². The van der Waals surface area contributed by atoms with Crippen LogP contribution in [0.15, 0.2) is 54.6 Å². The molecule has 2 N–H and O–H groups in total. The highest BCUT2D eigenvalue weighted by molar-refractivity contribution is 5.93. The topological polar surface area (TPSA) is 76.7 Å². The first-order valence-electron chi connectivity index (χ1n) is 8.46. The van der Waals surface area contributed by atoms with Crippen LogP contribution < -0.4 is 15.4 Å². The number of carbonyl (C=O) groups excluding carboxylic acids is 2. The number of benzene rings is 2. The Kier molecular flexibility index (Phi) is 6.74. The number of para-hydroxylation sites is 1. The van der Waals surface area contributed by atoms with Gasteiger partial charge in [-0.15, -0.1) is 0 Å². The molecule has 0 heterocycles. The third-order valence-corrected chi connectivity index (χ3v) is 3.59. The van der Waals surface area contributed by atoms with E-state index in [-0.39, 0.29) is 12.5 Å².